The van der Waals surface area contributed by atoms with Gasteiger partial charge in [0.1, 0.15) is 23.2 Å². The maximum absolute atomic E-state index is 10.9. The van der Waals surface area contributed by atoms with Gasteiger partial charge in [-0.1, -0.05) is 0 Å². The molecule has 0 bridgehead atoms. The first-order valence-electron chi connectivity index (χ1n) is 8.03. The maximum Gasteiger partial charge on any atom is 0.269 e. The van der Waals surface area contributed by atoms with E-state index in [0.717, 1.165) is 0 Å². The molecule has 4 aromatic rings. The lowest BCUT2D eigenvalue weighted by Crippen LogP contribution is -2.22. The molecule has 27 heavy (non-hydrogen) atoms. The summed E-state index contributed by atoms with van der Waals surface area (Å²) in [5, 5.41) is 10.9. The number of aromatic nitrogens is 3. The number of rotatable bonds is 3. The normalized spacial score (nSPS) is 11.9. The van der Waals surface area contributed by atoms with Crippen molar-refractivity contribution in [1.29, 1.82) is 0 Å². The molecule has 0 amide bonds. The third-order valence-corrected chi connectivity index (χ3v) is 3.96. The summed E-state index contributed by atoms with van der Waals surface area (Å²) in [6, 6.07) is 9.76. The Morgan fingerprint density at radius 1 is 1.11 bits per heavy atom. The summed E-state index contributed by atoms with van der Waals surface area (Å²) in [4.78, 5) is 29.7. The predicted molar refractivity (Wildman–Crippen MR) is 100 cm³/mol. The van der Waals surface area contributed by atoms with Gasteiger partial charge in [-0.2, -0.15) is 0 Å². The van der Waals surface area contributed by atoms with Gasteiger partial charge in [-0.3, -0.25) is 15.1 Å². The van der Waals surface area contributed by atoms with E-state index in [2.05, 4.69) is 19.9 Å². The van der Waals surface area contributed by atoms with Crippen LogP contribution in [-0.4, -0.2) is 44.7 Å². The van der Waals surface area contributed by atoms with Crippen LogP contribution in [0.25, 0.3) is 22.2 Å². The van der Waals surface area contributed by atoms with E-state index in [-0.39, 0.29) is 5.69 Å². The van der Waals surface area contributed by atoms with Crippen molar-refractivity contribution >= 4 is 39.5 Å². The zero-order chi connectivity index (χ0) is 19.0. The molecule has 0 radical (unpaired) electrons. The van der Waals surface area contributed by atoms with Crippen LogP contribution in [0.3, 0.4) is 0 Å². The quantitative estimate of drug-likeness (QED) is 0.238. The Kier molecular flexibility index (Phi) is 3.96. The number of nitro groups is 1. The molecular formula is C18H14N6O3. The Labute approximate surface area is 153 Å². The minimum absolute atomic E-state index is 0.0182. The molecule has 0 aliphatic rings. The molecule has 9 nitrogen and oxygen atoms in total. The van der Waals surface area contributed by atoms with E-state index in [1.165, 1.54) is 18.5 Å². The largest absolute Gasteiger partial charge is 0.449 e. The molecule has 134 valence electrons. The summed E-state index contributed by atoms with van der Waals surface area (Å²) >= 11 is 0. The van der Waals surface area contributed by atoms with E-state index in [4.69, 9.17) is 4.42 Å². The lowest BCUT2D eigenvalue weighted by molar-refractivity contribution is -0.384. The molecule has 0 spiro atoms. The van der Waals surface area contributed by atoms with Gasteiger partial charge in [-0.05, 0) is 24.3 Å². The van der Waals surface area contributed by atoms with Gasteiger partial charge in [0, 0.05) is 38.0 Å². The number of nitro benzene ring substituents is 1. The molecule has 0 fully saturated rings. The van der Waals surface area contributed by atoms with Gasteiger partial charge in [0.15, 0.2) is 11.2 Å². The number of fused-ring (bicyclic) bond motifs is 3. The first-order valence-corrected chi connectivity index (χ1v) is 8.03. The van der Waals surface area contributed by atoms with E-state index in [9.17, 15) is 10.1 Å². The zero-order valence-electron chi connectivity index (χ0n) is 14.5. The standard InChI is InChI=1S/C18H14N6O3/c1-23(2)18(11-5-7-12(8-6-11)24(25)26)22-17-16-15(20-10-21-17)14-13(27-16)4-3-9-19-14/h3-10H,1-2H3. The summed E-state index contributed by atoms with van der Waals surface area (Å²) < 4.78 is 5.85. The number of hydrogen-bond donors (Lipinski definition) is 0. The number of nitrogens with zero attached hydrogens (tertiary/aromatic N) is 6. The van der Waals surface area contributed by atoms with Crippen molar-refractivity contribution in [2.45, 2.75) is 0 Å². The molecule has 0 aliphatic carbocycles. The highest BCUT2D eigenvalue weighted by Crippen LogP contribution is 2.30. The Balaban J connectivity index is 1.87. The second-order valence-electron chi connectivity index (χ2n) is 5.96. The second-order valence-corrected chi connectivity index (χ2v) is 5.96. The maximum atomic E-state index is 10.9. The van der Waals surface area contributed by atoms with E-state index in [0.29, 0.717) is 39.4 Å². The molecule has 4 rings (SSSR count). The van der Waals surface area contributed by atoms with Crippen LogP contribution in [0.5, 0.6) is 0 Å². The molecule has 0 N–H and O–H groups in total. The Bertz CT molecular complexity index is 1180. The molecule has 3 aromatic heterocycles. The van der Waals surface area contributed by atoms with Gasteiger partial charge in [-0.15, -0.1) is 0 Å². The summed E-state index contributed by atoms with van der Waals surface area (Å²) in [7, 11) is 3.66. The lowest BCUT2D eigenvalue weighted by atomic mass is 10.2. The van der Waals surface area contributed by atoms with Crippen LogP contribution in [0.2, 0.25) is 0 Å². The van der Waals surface area contributed by atoms with Crippen molar-refractivity contribution in [1.82, 2.24) is 19.9 Å². The zero-order valence-corrected chi connectivity index (χ0v) is 14.5. The summed E-state index contributed by atoms with van der Waals surface area (Å²) in [5.41, 5.74) is 3.00. The van der Waals surface area contributed by atoms with Crippen LogP contribution in [0.4, 0.5) is 11.5 Å². The topological polar surface area (TPSA) is 111 Å². The Hall–Kier alpha value is -3.88. The van der Waals surface area contributed by atoms with Gasteiger partial charge in [-0.25, -0.2) is 15.0 Å². The van der Waals surface area contributed by atoms with Crippen LogP contribution in [0.1, 0.15) is 5.56 Å². The fraction of sp³-hybridized carbons (Fsp3) is 0.111. The molecule has 0 saturated carbocycles. The van der Waals surface area contributed by atoms with Crippen molar-refractivity contribution in [2.24, 2.45) is 4.99 Å². The van der Waals surface area contributed by atoms with E-state index < -0.39 is 4.92 Å². The highest BCUT2D eigenvalue weighted by molar-refractivity contribution is 6.05. The van der Waals surface area contributed by atoms with E-state index in [1.54, 1.807) is 35.4 Å². The fourth-order valence-corrected chi connectivity index (χ4v) is 2.72. The van der Waals surface area contributed by atoms with Gasteiger partial charge in [0.25, 0.3) is 5.69 Å². The molecular weight excluding hydrogens is 348 g/mol. The molecule has 0 saturated heterocycles. The minimum atomic E-state index is -0.439. The van der Waals surface area contributed by atoms with Crippen LogP contribution in [-0.2, 0) is 0 Å². The van der Waals surface area contributed by atoms with Crippen molar-refractivity contribution in [3.05, 3.63) is 64.6 Å². The van der Waals surface area contributed by atoms with Crippen molar-refractivity contribution in [3.63, 3.8) is 0 Å². The van der Waals surface area contributed by atoms with E-state index >= 15 is 0 Å². The number of amidine groups is 1. The van der Waals surface area contributed by atoms with Gasteiger partial charge < -0.3 is 9.32 Å². The number of hydrogen-bond acceptors (Lipinski definition) is 7. The number of aliphatic imine (C=N–C) groups is 1. The Morgan fingerprint density at radius 3 is 2.59 bits per heavy atom. The number of non-ortho nitro benzene ring substituents is 1. The van der Waals surface area contributed by atoms with Gasteiger partial charge in [0.2, 0.25) is 5.82 Å². The number of furan rings is 1. The molecule has 9 heteroatoms. The van der Waals surface area contributed by atoms with Crippen molar-refractivity contribution < 1.29 is 9.34 Å². The first-order chi connectivity index (χ1) is 13.0. The predicted octanol–water partition coefficient (Wildman–Crippen LogP) is 3.32. The highest BCUT2D eigenvalue weighted by Gasteiger charge is 2.16. The van der Waals surface area contributed by atoms with Crippen LogP contribution in [0.15, 0.2) is 58.3 Å². The smallest absolute Gasteiger partial charge is 0.269 e. The number of benzene rings is 1. The van der Waals surface area contributed by atoms with Crippen molar-refractivity contribution in [2.75, 3.05) is 14.1 Å². The molecule has 0 aliphatic heterocycles. The molecule has 0 unspecified atom stereocenters. The summed E-state index contributed by atoms with van der Waals surface area (Å²) in [6.07, 6.45) is 3.08. The second kappa shape index (κ2) is 6.45. The summed E-state index contributed by atoms with van der Waals surface area (Å²) in [5.74, 6) is 0.943. The van der Waals surface area contributed by atoms with Crippen LogP contribution >= 0.6 is 0 Å². The highest BCUT2D eigenvalue weighted by atomic mass is 16.6. The van der Waals surface area contributed by atoms with Crippen LogP contribution in [0, 0.1) is 10.1 Å². The molecule has 1 aromatic carbocycles. The third-order valence-electron chi connectivity index (χ3n) is 3.96. The first kappa shape index (κ1) is 16.6. The summed E-state index contributed by atoms with van der Waals surface area (Å²) in [6.45, 7) is 0. The molecule has 3 heterocycles. The average molecular weight is 362 g/mol. The van der Waals surface area contributed by atoms with Gasteiger partial charge in [0.05, 0.1) is 4.92 Å². The minimum Gasteiger partial charge on any atom is -0.449 e. The number of pyridine rings is 1. The molecule has 0 atom stereocenters. The SMILES string of the molecule is CN(C)C(=Nc1ncnc2c1oc1cccnc12)c1ccc([N+](=O)[O-])cc1. The van der Waals surface area contributed by atoms with Gasteiger partial charge >= 0.3 is 0 Å². The fourth-order valence-electron chi connectivity index (χ4n) is 2.72. The van der Waals surface area contributed by atoms with E-state index in [1.807, 2.05) is 14.1 Å². The Morgan fingerprint density at radius 2 is 1.89 bits per heavy atom. The van der Waals surface area contributed by atoms with Crippen LogP contribution < -0.4 is 0 Å². The lowest BCUT2D eigenvalue weighted by Gasteiger charge is -2.15. The third kappa shape index (κ3) is 2.95. The average Bonchev–Trinajstić information content (AvgIpc) is 3.05. The van der Waals surface area contributed by atoms with Crippen molar-refractivity contribution in [3.8, 4) is 0 Å². The monoisotopic (exact) mass is 362 g/mol.